The van der Waals surface area contributed by atoms with Crippen molar-refractivity contribution in [2.45, 2.75) is 57.4 Å². The molecule has 0 spiro atoms. The summed E-state index contributed by atoms with van der Waals surface area (Å²) >= 11 is 0. The predicted molar refractivity (Wildman–Crippen MR) is 67.3 cm³/mol. The maximum Gasteiger partial charge on any atom is 0.315 e. The molecule has 5 heteroatoms. The summed E-state index contributed by atoms with van der Waals surface area (Å²) in [5, 5.41) is 14.9. The third-order valence-electron chi connectivity index (χ3n) is 4.29. The molecular formula is C13H22N2O3. The van der Waals surface area contributed by atoms with Crippen LogP contribution in [0.2, 0.25) is 0 Å². The lowest BCUT2D eigenvalue weighted by Gasteiger charge is -2.24. The van der Waals surface area contributed by atoms with E-state index in [1.807, 2.05) is 0 Å². The predicted octanol–water partition coefficient (Wildman–Crippen LogP) is 1.87. The Morgan fingerprint density at radius 2 is 1.72 bits per heavy atom. The van der Waals surface area contributed by atoms with E-state index in [0.29, 0.717) is 12.8 Å². The van der Waals surface area contributed by atoms with Gasteiger partial charge in [0.25, 0.3) is 0 Å². The number of rotatable bonds is 4. The molecule has 0 saturated heterocycles. The summed E-state index contributed by atoms with van der Waals surface area (Å²) < 4.78 is 0. The van der Waals surface area contributed by atoms with E-state index in [-0.39, 0.29) is 18.6 Å². The lowest BCUT2D eigenvalue weighted by molar-refractivity contribution is -0.148. The summed E-state index contributed by atoms with van der Waals surface area (Å²) in [6, 6.07) is 0.0591. The highest BCUT2D eigenvalue weighted by Crippen LogP contribution is 2.37. The van der Waals surface area contributed by atoms with Gasteiger partial charge >= 0.3 is 12.0 Å². The minimum atomic E-state index is -0.777. The Morgan fingerprint density at radius 1 is 1.11 bits per heavy atom. The molecule has 0 aliphatic heterocycles. The molecule has 2 fully saturated rings. The van der Waals surface area contributed by atoms with Crippen LogP contribution in [-0.2, 0) is 4.79 Å². The number of hydrogen-bond acceptors (Lipinski definition) is 2. The molecule has 5 nitrogen and oxygen atoms in total. The zero-order valence-corrected chi connectivity index (χ0v) is 10.7. The third kappa shape index (κ3) is 2.94. The molecule has 2 aliphatic carbocycles. The SMILES string of the molecule is O=C(NCC1(C(=O)O)CCCC1)NC1CCCC1. The van der Waals surface area contributed by atoms with E-state index in [0.717, 1.165) is 25.7 Å². The Morgan fingerprint density at radius 3 is 2.28 bits per heavy atom. The summed E-state index contributed by atoms with van der Waals surface area (Å²) in [6.45, 7) is 0.251. The summed E-state index contributed by atoms with van der Waals surface area (Å²) in [5.74, 6) is -0.777. The molecule has 0 aromatic carbocycles. The second-order valence-corrected chi connectivity index (χ2v) is 5.60. The van der Waals surface area contributed by atoms with Gasteiger partial charge in [-0.1, -0.05) is 25.7 Å². The zero-order chi connectivity index (χ0) is 13.0. The highest BCUT2D eigenvalue weighted by atomic mass is 16.4. The van der Waals surface area contributed by atoms with Crippen molar-refractivity contribution in [1.29, 1.82) is 0 Å². The van der Waals surface area contributed by atoms with Gasteiger partial charge in [-0.05, 0) is 25.7 Å². The summed E-state index contributed by atoms with van der Waals surface area (Å²) in [7, 11) is 0. The summed E-state index contributed by atoms with van der Waals surface area (Å²) in [6.07, 6.45) is 7.65. The van der Waals surface area contributed by atoms with Gasteiger partial charge in [-0.2, -0.15) is 0 Å². The number of amides is 2. The zero-order valence-electron chi connectivity index (χ0n) is 10.7. The first-order valence-corrected chi connectivity index (χ1v) is 6.90. The number of nitrogens with one attached hydrogen (secondary N) is 2. The van der Waals surface area contributed by atoms with Gasteiger partial charge in [-0.3, -0.25) is 4.79 Å². The average molecular weight is 254 g/mol. The molecule has 0 heterocycles. The van der Waals surface area contributed by atoms with Crippen LogP contribution in [0.15, 0.2) is 0 Å². The fraction of sp³-hybridized carbons (Fsp3) is 0.846. The van der Waals surface area contributed by atoms with Crippen molar-refractivity contribution in [2.75, 3.05) is 6.54 Å². The molecule has 3 N–H and O–H groups in total. The standard InChI is InChI=1S/C13H22N2O3/c16-11(17)13(7-3-4-8-13)9-14-12(18)15-10-5-1-2-6-10/h10H,1-9H2,(H,16,17)(H2,14,15,18). The van der Waals surface area contributed by atoms with Crippen LogP contribution in [0.25, 0.3) is 0 Å². The molecule has 0 aromatic heterocycles. The molecule has 0 bridgehead atoms. The topological polar surface area (TPSA) is 78.4 Å². The molecule has 2 aliphatic rings. The first kappa shape index (κ1) is 13.2. The van der Waals surface area contributed by atoms with E-state index in [9.17, 15) is 14.7 Å². The number of carboxylic acids is 1. The molecule has 0 unspecified atom stereocenters. The van der Waals surface area contributed by atoms with Gasteiger partial charge in [0, 0.05) is 12.6 Å². The van der Waals surface area contributed by atoms with Crippen molar-refractivity contribution in [3.63, 3.8) is 0 Å². The van der Waals surface area contributed by atoms with Gasteiger partial charge in [-0.25, -0.2) is 4.79 Å². The second-order valence-electron chi connectivity index (χ2n) is 5.60. The van der Waals surface area contributed by atoms with Crippen molar-refractivity contribution in [2.24, 2.45) is 5.41 Å². The van der Waals surface area contributed by atoms with Crippen LogP contribution in [-0.4, -0.2) is 29.7 Å². The molecule has 2 amide bonds. The Labute approximate surface area is 107 Å². The van der Waals surface area contributed by atoms with E-state index in [4.69, 9.17) is 0 Å². The van der Waals surface area contributed by atoms with Crippen LogP contribution < -0.4 is 10.6 Å². The normalized spacial score (nSPS) is 22.9. The molecule has 102 valence electrons. The van der Waals surface area contributed by atoms with Gasteiger partial charge in [-0.15, -0.1) is 0 Å². The largest absolute Gasteiger partial charge is 0.481 e. The van der Waals surface area contributed by atoms with Crippen LogP contribution in [0, 0.1) is 5.41 Å². The number of carboxylic acid groups (broad SMARTS) is 1. The Bertz CT molecular complexity index is 318. The van der Waals surface area contributed by atoms with Gasteiger partial charge in [0.2, 0.25) is 0 Å². The Balaban J connectivity index is 1.78. The van der Waals surface area contributed by atoms with Crippen molar-refractivity contribution in [3.05, 3.63) is 0 Å². The summed E-state index contributed by atoms with van der Waals surface area (Å²) in [4.78, 5) is 23.0. The fourth-order valence-corrected chi connectivity index (χ4v) is 3.07. The van der Waals surface area contributed by atoms with Gasteiger partial charge in [0.05, 0.1) is 5.41 Å². The average Bonchev–Trinajstić information content (AvgIpc) is 2.97. The first-order chi connectivity index (χ1) is 8.62. The number of carbonyl (C=O) groups is 2. The quantitative estimate of drug-likeness (QED) is 0.716. The van der Waals surface area contributed by atoms with Crippen LogP contribution in [0.4, 0.5) is 4.79 Å². The van der Waals surface area contributed by atoms with E-state index in [1.165, 1.54) is 12.8 Å². The number of hydrogen-bond donors (Lipinski definition) is 3. The highest BCUT2D eigenvalue weighted by molar-refractivity contribution is 5.78. The molecule has 0 aromatic rings. The number of carbonyl (C=O) groups excluding carboxylic acids is 1. The maximum atomic E-state index is 11.7. The van der Waals surface area contributed by atoms with Crippen molar-refractivity contribution >= 4 is 12.0 Å². The Hall–Kier alpha value is -1.26. The first-order valence-electron chi connectivity index (χ1n) is 6.90. The van der Waals surface area contributed by atoms with Gasteiger partial charge in [0.15, 0.2) is 0 Å². The summed E-state index contributed by atoms with van der Waals surface area (Å²) in [5.41, 5.74) is -0.729. The van der Waals surface area contributed by atoms with Gasteiger partial charge < -0.3 is 15.7 Å². The lowest BCUT2D eigenvalue weighted by atomic mass is 9.86. The molecule has 2 rings (SSSR count). The van der Waals surface area contributed by atoms with Crippen LogP contribution >= 0.6 is 0 Å². The smallest absolute Gasteiger partial charge is 0.315 e. The molecular weight excluding hydrogens is 232 g/mol. The lowest BCUT2D eigenvalue weighted by Crippen LogP contribution is -2.47. The molecule has 18 heavy (non-hydrogen) atoms. The van der Waals surface area contributed by atoms with Crippen molar-refractivity contribution in [1.82, 2.24) is 10.6 Å². The minimum Gasteiger partial charge on any atom is -0.481 e. The van der Waals surface area contributed by atoms with Crippen molar-refractivity contribution in [3.8, 4) is 0 Å². The molecule has 2 saturated carbocycles. The monoisotopic (exact) mass is 254 g/mol. The van der Waals surface area contributed by atoms with Gasteiger partial charge in [0.1, 0.15) is 0 Å². The van der Waals surface area contributed by atoms with E-state index < -0.39 is 11.4 Å². The minimum absolute atomic E-state index is 0.213. The van der Waals surface area contributed by atoms with Crippen molar-refractivity contribution < 1.29 is 14.7 Å². The highest BCUT2D eigenvalue weighted by Gasteiger charge is 2.41. The molecule has 0 radical (unpaired) electrons. The van der Waals surface area contributed by atoms with Crippen LogP contribution in [0.5, 0.6) is 0 Å². The maximum absolute atomic E-state index is 11.7. The number of urea groups is 1. The fourth-order valence-electron chi connectivity index (χ4n) is 3.07. The van der Waals surface area contributed by atoms with E-state index in [2.05, 4.69) is 10.6 Å². The van der Waals surface area contributed by atoms with Crippen LogP contribution in [0.1, 0.15) is 51.4 Å². The van der Waals surface area contributed by atoms with Crippen LogP contribution in [0.3, 0.4) is 0 Å². The molecule has 0 atom stereocenters. The Kier molecular flexibility index (Phi) is 4.09. The van der Waals surface area contributed by atoms with E-state index in [1.54, 1.807) is 0 Å². The number of aliphatic carboxylic acids is 1. The third-order valence-corrected chi connectivity index (χ3v) is 4.29. The van der Waals surface area contributed by atoms with E-state index >= 15 is 0 Å². The second kappa shape index (κ2) is 5.59.